The van der Waals surface area contributed by atoms with E-state index >= 15 is 0 Å². The second-order valence-corrected chi connectivity index (χ2v) is 7.24. The molecule has 0 saturated carbocycles. The zero-order valence-corrected chi connectivity index (χ0v) is 13.9. The Balaban J connectivity index is 1.88. The highest BCUT2D eigenvalue weighted by atomic mass is 16.3. The van der Waals surface area contributed by atoms with E-state index in [0.717, 1.165) is 12.0 Å². The van der Waals surface area contributed by atoms with Crippen molar-refractivity contribution in [2.24, 2.45) is 0 Å². The molecule has 0 amide bonds. The minimum atomic E-state index is 0.195. The van der Waals surface area contributed by atoms with Crippen LogP contribution in [-0.4, -0.2) is 0 Å². The van der Waals surface area contributed by atoms with E-state index in [9.17, 15) is 0 Å². The van der Waals surface area contributed by atoms with Gasteiger partial charge in [0.1, 0.15) is 5.58 Å². The first-order chi connectivity index (χ1) is 10.4. The molecule has 2 aromatic carbocycles. The summed E-state index contributed by atoms with van der Waals surface area (Å²) in [6.07, 6.45) is 2.81. The standard InChI is InChI=1S/C21H24O/c1-15(19-10-6-8-17-11-12-22-20(17)19)13-16-7-5-9-18(14-16)21(2,3)4/h5-12,14-15H,13H2,1-4H3. The summed E-state index contributed by atoms with van der Waals surface area (Å²) >= 11 is 0. The summed E-state index contributed by atoms with van der Waals surface area (Å²) in [5, 5.41) is 1.19. The van der Waals surface area contributed by atoms with E-state index in [-0.39, 0.29) is 5.41 Å². The normalized spacial score (nSPS) is 13.5. The van der Waals surface area contributed by atoms with Crippen LogP contribution in [0.25, 0.3) is 11.0 Å². The van der Waals surface area contributed by atoms with Gasteiger partial charge in [-0.1, -0.05) is 70.2 Å². The maximum atomic E-state index is 5.69. The van der Waals surface area contributed by atoms with Crippen molar-refractivity contribution in [1.82, 2.24) is 0 Å². The van der Waals surface area contributed by atoms with Crippen LogP contribution in [0, 0.1) is 0 Å². The fourth-order valence-corrected chi connectivity index (χ4v) is 3.03. The summed E-state index contributed by atoms with van der Waals surface area (Å²) in [5.41, 5.74) is 5.31. The lowest BCUT2D eigenvalue weighted by molar-refractivity contribution is 0.587. The Hall–Kier alpha value is -2.02. The first-order valence-corrected chi connectivity index (χ1v) is 8.01. The maximum absolute atomic E-state index is 5.69. The molecule has 1 unspecified atom stereocenters. The number of hydrogen-bond donors (Lipinski definition) is 0. The molecule has 0 aliphatic carbocycles. The monoisotopic (exact) mass is 292 g/mol. The van der Waals surface area contributed by atoms with Crippen molar-refractivity contribution in [2.75, 3.05) is 0 Å². The topological polar surface area (TPSA) is 13.1 Å². The van der Waals surface area contributed by atoms with Crippen LogP contribution < -0.4 is 0 Å². The summed E-state index contributed by atoms with van der Waals surface area (Å²) < 4.78 is 5.69. The van der Waals surface area contributed by atoms with Gasteiger partial charge in [0, 0.05) is 5.39 Å². The van der Waals surface area contributed by atoms with Crippen LogP contribution in [0.1, 0.15) is 50.3 Å². The second-order valence-electron chi connectivity index (χ2n) is 7.24. The van der Waals surface area contributed by atoms with Crippen molar-refractivity contribution in [3.8, 4) is 0 Å². The molecular formula is C21H24O. The summed E-state index contributed by atoms with van der Waals surface area (Å²) in [6.45, 7) is 9.07. The first-order valence-electron chi connectivity index (χ1n) is 8.01. The minimum Gasteiger partial charge on any atom is -0.464 e. The number of para-hydroxylation sites is 1. The number of furan rings is 1. The molecule has 0 saturated heterocycles. The molecule has 0 aliphatic heterocycles. The average Bonchev–Trinajstić information content (AvgIpc) is 2.94. The fourth-order valence-electron chi connectivity index (χ4n) is 3.03. The number of hydrogen-bond acceptors (Lipinski definition) is 1. The van der Waals surface area contributed by atoms with Crippen molar-refractivity contribution in [3.63, 3.8) is 0 Å². The Morgan fingerprint density at radius 1 is 1.00 bits per heavy atom. The van der Waals surface area contributed by atoms with Gasteiger partial charge in [-0.25, -0.2) is 0 Å². The van der Waals surface area contributed by atoms with Gasteiger partial charge < -0.3 is 4.42 Å². The molecule has 1 heterocycles. The van der Waals surface area contributed by atoms with Crippen LogP contribution in [0.4, 0.5) is 0 Å². The van der Waals surface area contributed by atoms with E-state index < -0.39 is 0 Å². The molecule has 0 radical (unpaired) electrons. The molecule has 3 rings (SSSR count). The predicted molar refractivity (Wildman–Crippen MR) is 93.5 cm³/mol. The van der Waals surface area contributed by atoms with Gasteiger partial charge in [-0.3, -0.25) is 0 Å². The molecule has 0 spiro atoms. The average molecular weight is 292 g/mol. The van der Waals surface area contributed by atoms with Crippen LogP contribution in [-0.2, 0) is 11.8 Å². The van der Waals surface area contributed by atoms with Crippen LogP contribution in [0.3, 0.4) is 0 Å². The Morgan fingerprint density at radius 2 is 1.77 bits per heavy atom. The zero-order chi connectivity index (χ0) is 15.7. The van der Waals surface area contributed by atoms with E-state index in [1.165, 1.54) is 22.1 Å². The van der Waals surface area contributed by atoms with Crippen LogP contribution in [0.15, 0.2) is 59.2 Å². The highest BCUT2D eigenvalue weighted by Gasteiger charge is 2.16. The Labute approximate surface area is 133 Å². The van der Waals surface area contributed by atoms with Gasteiger partial charge in [0.25, 0.3) is 0 Å². The molecule has 0 N–H and O–H groups in total. The molecule has 0 fully saturated rings. The second kappa shape index (κ2) is 5.64. The van der Waals surface area contributed by atoms with Gasteiger partial charge in [-0.15, -0.1) is 0 Å². The highest BCUT2D eigenvalue weighted by Crippen LogP contribution is 2.30. The number of benzene rings is 2. The summed E-state index contributed by atoms with van der Waals surface area (Å²) in [5.74, 6) is 0.435. The SMILES string of the molecule is CC(Cc1cccc(C(C)(C)C)c1)c1cccc2ccoc12. The Morgan fingerprint density at radius 3 is 2.55 bits per heavy atom. The van der Waals surface area contributed by atoms with E-state index in [1.807, 2.05) is 6.07 Å². The molecule has 114 valence electrons. The van der Waals surface area contributed by atoms with Crippen LogP contribution >= 0.6 is 0 Å². The Bertz CT molecular complexity index is 774. The van der Waals surface area contributed by atoms with Gasteiger partial charge in [-0.2, -0.15) is 0 Å². The quantitative estimate of drug-likeness (QED) is 0.570. The van der Waals surface area contributed by atoms with E-state index in [0.29, 0.717) is 5.92 Å². The lowest BCUT2D eigenvalue weighted by atomic mass is 9.84. The van der Waals surface area contributed by atoms with Crippen molar-refractivity contribution >= 4 is 11.0 Å². The van der Waals surface area contributed by atoms with E-state index in [1.54, 1.807) is 6.26 Å². The van der Waals surface area contributed by atoms with Crippen molar-refractivity contribution in [2.45, 2.75) is 45.4 Å². The summed E-state index contributed by atoms with van der Waals surface area (Å²) in [4.78, 5) is 0. The van der Waals surface area contributed by atoms with Crippen LogP contribution in [0.5, 0.6) is 0 Å². The molecule has 0 bridgehead atoms. The van der Waals surface area contributed by atoms with E-state index in [4.69, 9.17) is 4.42 Å². The van der Waals surface area contributed by atoms with Gasteiger partial charge in [0.05, 0.1) is 6.26 Å². The van der Waals surface area contributed by atoms with Gasteiger partial charge in [-0.05, 0) is 40.5 Å². The lowest BCUT2D eigenvalue weighted by Gasteiger charge is -2.20. The van der Waals surface area contributed by atoms with Gasteiger partial charge in [0.2, 0.25) is 0 Å². The molecule has 0 aliphatic rings. The third-order valence-electron chi connectivity index (χ3n) is 4.38. The molecule has 22 heavy (non-hydrogen) atoms. The largest absolute Gasteiger partial charge is 0.464 e. The molecular weight excluding hydrogens is 268 g/mol. The highest BCUT2D eigenvalue weighted by molar-refractivity contribution is 5.80. The Kier molecular flexibility index (Phi) is 3.82. The number of rotatable bonds is 3. The van der Waals surface area contributed by atoms with Gasteiger partial charge in [0.15, 0.2) is 0 Å². The fraction of sp³-hybridized carbons (Fsp3) is 0.333. The molecule has 1 aromatic heterocycles. The maximum Gasteiger partial charge on any atom is 0.137 e. The summed E-state index contributed by atoms with van der Waals surface area (Å²) in [6, 6.07) is 17.4. The third-order valence-corrected chi connectivity index (χ3v) is 4.38. The third kappa shape index (κ3) is 2.94. The van der Waals surface area contributed by atoms with Crippen LogP contribution in [0.2, 0.25) is 0 Å². The van der Waals surface area contributed by atoms with Crippen molar-refractivity contribution < 1.29 is 4.42 Å². The summed E-state index contributed by atoms with van der Waals surface area (Å²) in [7, 11) is 0. The first kappa shape index (κ1) is 14.9. The smallest absolute Gasteiger partial charge is 0.137 e. The number of fused-ring (bicyclic) bond motifs is 1. The minimum absolute atomic E-state index is 0.195. The predicted octanol–water partition coefficient (Wildman–Crippen LogP) is 6.08. The molecule has 3 aromatic rings. The molecule has 1 heteroatoms. The van der Waals surface area contributed by atoms with Gasteiger partial charge >= 0.3 is 0 Å². The van der Waals surface area contributed by atoms with Crippen molar-refractivity contribution in [1.29, 1.82) is 0 Å². The zero-order valence-electron chi connectivity index (χ0n) is 13.9. The van der Waals surface area contributed by atoms with Crippen molar-refractivity contribution in [3.05, 3.63) is 71.5 Å². The molecule has 1 nitrogen and oxygen atoms in total. The van der Waals surface area contributed by atoms with E-state index in [2.05, 4.69) is 70.2 Å². The molecule has 1 atom stereocenters. The lowest BCUT2D eigenvalue weighted by Crippen LogP contribution is -2.11.